The lowest BCUT2D eigenvalue weighted by Crippen LogP contribution is -2.60. The van der Waals surface area contributed by atoms with Crippen molar-refractivity contribution in [2.45, 2.75) is 114 Å². The zero-order valence-corrected chi connectivity index (χ0v) is 26.5. The van der Waals surface area contributed by atoms with E-state index < -0.39 is 19.2 Å². The maximum absolute atomic E-state index is 13.8. The number of benzene rings is 1. The summed E-state index contributed by atoms with van der Waals surface area (Å²) in [4.78, 5) is 42.9. The quantitative estimate of drug-likeness (QED) is 0.171. The van der Waals surface area contributed by atoms with E-state index in [-0.39, 0.29) is 30.7 Å². The zero-order valence-electron chi connectivity index (χ0n) is 25.5. The Morgan fingerprint density at radius 1 is 1.07 bits per heavy atom. The normalized spacial score (nSPS) is 24.0. The lowest BCUT2D eigenvalue weighted by Gasteiger charge is -2.48. The molecule has 1 spiro atoms. The third-order valence-electron chi connectivity index (χ3n) is 8.90. The number of nitrogens with one attached hydrogen (secondary N) is 2. The van der Waals surface area contributed by atoms with Gasteiger partial charge in [0, 0.05) is 27.3 Å². The van der Waals surface area contributed by atoms with Crippen molar-refractivity contribution in [3.63, 3.8) is 0 Å². The first-order chi connectivity index (χ1) is 19.6. The predicted octanol–water partition coefficient (Wildman–Crippen LogP) is 5.48. The first kappa shape index (κ1) is 31.5. The number of carbonyl (C=O) groups excluding carboxylic acids is 3. The highest BCUT2D eigenvalue weighted by molar-refractivity contribution is 6.76. The molecule has 10 heteroatoms. The molecule has 1 aromatic carbocycles. The molecule has 0 radical (unpaired) electrons. The summed E-state index contributed by atoms with van der Waals surface area (Å²) in [6, 6.07) is 10.7. The molecule has 3 fully saturated rings. The summed E-state index contributed by atoms with van der Waals surface area (Å²) in [7, 11) is -1.28. The first-order valence-electron chi connectivity index (χ1n) is 15.5. The Labute approximate surface area is 246 Å². The molecule has 2 saturated carbocycles. The molecule has 2 aliphatic carbocycles. The molecule has 0 atom stereocenters. The molecular weight excluding hydrogens is 536 g/mol. The molecule has 228 valence electrons. The Morgan fingerprint density at radius 3 is 2.39 bits per heavy atom. The number of carbonyl (C=O) groups is 3. The fourth-order valence-electron chi connectivity index (χ4n) is 6.00. The fourth-order valence-corrected chi connectivity index (χ4v) is 6.75. The van der Waals surface area contributed by atoms with Gasteiger partial charge in [-0.1, -0.05) is 63.3 Å². The van der Waals surface area contributed by atoms with Crippen molar-refractivity contribution in [1.29, 1.82) is 0 Å². The van der Waals surface area contributed by atoms with Crippen molar-refractivity contribution in [2.24, 2.45) is 0 Å². The van der Waals surface area contributed by atoms with Crippen LogP contribution in [0.1, 0.15) is 70.3 Å². The van der Waals surface area contributed by atoms with Gasteiger partial charge in [0.05, 0.1) is 18.8 Å². The summed E-state index contributed by atoms with van der Waals surface area (Å²) >= 11 is 0. The molecule has 0 unspecified atom stereocenters. The van der Waals surface area contributed by atoms with Gasteiger partial charge in [-0.05, 0) is 63.0 Å². The number of imide groups is 1. The van der Waals surface area contributed by atoms with Gasteiger partial charge in [-0.15, -0.1) is 0 Å². The molecule has 0 bridgehead atoms. The van der Waals surface area contributed by atoms with Gasteiger partial charge in [0.2, 0.25) is 0 Å². The number of hydrogen-bond donors (Lipinski definition) is 2. The van der Waals surface area contributed by atoms with E-state index in [0.717, 1.165) is 43.7 Å². The summed E-state index contributed by atoms with van der Waals surface area (Å²) in [5.74, 6) is -0.126. The highest BCUT2D eigenvalue weighted by atomic mass is 28.3. The molecule has 1 saturated heterocycles. The van der Waals surface area contributed by atoms with E-state index in [9.17, 15) is 14.4 Å². The number of amides is 5. The van der Waals surface area contributed by atoms with Gasteiger partial charge >= 0.3 is 12.1 Å². The van der Waals surface area contributed by atoms with Crippen molar-refractivity contribution in [3.8, 4) is 0 Å². The van der Waals surface area contributed by atoms with Crippen LogP contribution in [0, 0.1) is 0 Å². The third-order valence-corrected chi connectivity index (χ3v) is 10.6. The molecule has 3 aliphatic rings. The van der Waals surface area contributed by atoms with Gasteiger partial charge in [-0.2, -0.15) is 0 Å². The molecular formula is C31H50N4O5Si. The monoisotopic (exact) mass is 586 g/mol. The number of nitrogens with zero attached hydrogens (tertiary/aromatic N) is 2. The largest absolute Gasteiger partial charge is 0.368 e. The smallest absolute Gasteiger partial charge is 0.329 e. The molecule has 41 heavy (non-hydrogen) atoms. The Hall–Kier alpha value is -2.43. The lowest BCUT2D eigenvalue weighted by molar-refractivity contribution is -0.144. The molecule has 9 nitrogen and oxygen atoms in total. The van der Waals surface area contributed by atoms with Crippen molar-refractivity contribution in [3.05, 3.63) is 35.9 Å². The van der Waals surface area contributed by atoms with Crippen molar-refractivity contribution in [1.82, 2.24) is 20.4 Å². The number of unbranched alkanes of at least 4 members (excludes halogenated alkanes) is 1. The Morgan fingerprint density at radius 2 is 1.78 bits per heavy atom. The molecule has 1 heterocycles. The second-order valence-electron chi connectivity index (χ2n) is 13.3. The van der Waals surface area contributed by atoms with Crippen LogP contribution in [-0.4, -0.2) is 79.5 Å². The highest BCUT2D eigenvalue weighted by Gasteiger charge is 2.61. The van der Waals surface area contributed by atoms with Crippen LogP contribution in [0.5, 0.6) is 0 Å². The van der Waals surface area contributed by atoms with Gasteiger partial charge < -0.3 is 25.0 Å². The van der Waals surface area contributed by atoms with Gasteiger partial charge in [0.1, 0.15) is 12.3 Å². The minimum atomic E-state index is -1.28. The Balaban J connectivity index is 1.45. The zero-order chi connectivity index (χ0) is 29.5. The molecule has 1 aliphatic heterocycles. The van der Waals surface area contributed by atoms with E-state index in [4.69, 9.17) is 9.47 Å². The Kier molecular flexibility index (Phi) is 10.5. The minimum absolute atomic E-state index is 0.0113. The maximum Gasteiger partial charge on any atom is 0.329 e. The molecule has 5 amide bonds. The van der Waals surface area contributed by atoms with Gasteiger partial charge in [-0.25, -0.2) is 14.5 Å². The average molecular weight is 587 g/mol. The lowest BCUT2D eigenvalue weighted by atomic mass is 9.74. The van der Waals surface area contributed by atoms with Crippen LogP contribution in [0.15, 0.2) is 30.3 Å². The second-order valence-corrected chi connectivity index (χ2v) is 18.9. The van der Waals surface area contributed by atoms with Gasteiger partial charge in [-0.3, -0.25) is 4.79 Å². The van der Waals surface area contributed by atoms with E-state index >= 15 is 0 Å². The second kappa shape index (κ2) is 13.7. The van der Waals surface area contributed by atoms with E-state index in [0.29, 0.717) is 52.0 Å². The van der Waals surface area contributed by atoms with Gasteiger partial charge in [0.25, 0.3) is 5.91 Å². The summed E-state index contributed by atoms with van der Waals surface area (Å²) in [5.41, 5.74) is -0.307. The maximum atomic E-state index is 13.8. The van der Waals surface area contributed by atoms with Crippen LogP contribution >= 0.6 is 0 Å². The number of ether oxygens (including phenoxy) is 2. The number of hydrogen-bond acceptors (Lipinski definition) is 5. The summed E-state index contributed by atoms with van der Waals surface area (Å²) < 4.78 is 12.6. The minimum Gasteiger partial charge on any atom is -0.368 e. The van der Waals surface area contributed by atoms with E-state index in [1.807, 2.05) is 30.3 Å². The standard InChI is InChI=1S/C31H50N4O5Si/c1-5-6-19-32-28(37)33-26-13-17-30(18-14-26,40-22-25-11-8-7-9-12-25)23-35-29(38)34(24-39-20-21-41(2,3)4)27(36)31(35)15-10-16-31/h7-9,11-12,26H,5-6,10,13-24H2,1-4H3,(H2,32,33,37). The van der Waals surface area contributed by atoms with E-state index in [1.165, 1.54) is 4.90 Å². The number of urea groups is 2. The van der Waals surface area contributed by atoms with Crippen LogP contribution in [-0.2, 0) is 20.9 Å². The van der Waals surface area contributed by atoms with E-state index in [1.54, 1.807) is 4.90 Å². The first-order valence-corrected chi connectivity index (χ1v) is 19.2. The van der Waals surface area contributed by atoms with Crippen LogP contribution in [0.2, 0.25) is 25.7 Å². The summed E-state index contributed by atoms with van der Waals surface area (Å²) in [5, 5.41) is 6.06. The van der Waals surface area contributed by atoms with Crippen LogP contribution < -0.4 is 10.6 Å². The van der Waals surface area contributed by atoms with Crippen LogP contribution in [0.4, 0.5) is 9.59 Å². The van der Waals surface area contributed by atoms with Crippen LogP contribution in [0.25, 0.3) is 0 Å². The molecule has 0 aromatic heterocycles. The van der Waals surface area contributed by atoms with Gasteiger partial charge in [0.15, 0.2) is 0 Å². The van der Waals surface area contributed by atoms with Crippen molar-refractivity contribution >= 4 is 26.0 Å². The molecule has 1 aromatic rings. The van der Waals surface area contributed by atoms with Crippen molar-refractivity contribution < 1.29 is 23.9 Å². The third kappa shape index (κ3) is 7.90. The topological polar surface area (TPSA) is 100 Å². The average Bonchev–Trinajstić information content (AvgIpc) is 3.12. The highest BCUT2D eigenvalue weighted by Crippen LogP contribution is 2.46. The summed E-state index contributed by atoms with van der Waals surface area (Å²) in [6.07, 6.45) is 7.17. The SMILES string of the molecule is CCCCNC(=O)NC1CCC(CN2C(=O)N(COCC[Si](C)(C)C)C(=O)C23CCC3)(OCc2ccccc2)CC1. The van der Waals surface area contributed by atoms with E-state index in [2.05, 4.69) is 37.2 Å². The van der Waals surface area contributed by atoms with Crippen LogP contribution in [0.3, 0.4) is 0 Å². The number of rotatable bonds is 14. The molecule has 2 N–H and O–H groups in total. The summed E-state index contributed by atoms with van der Waals surface area (Å²) in [6.45, 7) is 11.0. The fraction of sp³-hybridized carbons (Fsp3) is 0.710. The van der Waals surface area contributed by atoms with Crippen molar-refractivity contribution in [2.75, 3.05) is 26.4 Å². The Bertz CT molecular complexity index is 1030. The molecule has 4 rings (SSSR count). The predicted molar refractivity (Wildman–Crippen MR) is 162 cm³/mol.